The zero-order chi connectivity index (χ0) is 11.4. The van der Waals surface area contributed by atoms with Gasteiger partial charge in [-0.15, -0.1) is 0 Å². The lowest BCUT2D eigenvalue weighted by atomic mass is 10.2. The van der Waals surface area contributed by atoms with Gasteiger partial charge in [-0.1, -0.05) is 30.3 Å². The molecule has 1 aliphatic heterocycles. The van der Waals surface area contributed by atoms with Crippen molar-refractivity contribution in [2.24, 2.45) is 0 Å². The van der Waals surface area contributed by atoms with Crippen LogP contribution in [-0.4, -0.2) is 29.0 Å². The largest absolute Gasteiger partial charge is 0.290 e. The zero-order valence-electron chi connectivity index (χ0n) is 9.21. The van der Waals surface area contributed by atoms with Gasteiger partial charge in [0.05, 0.1) is 6.04 Å². The van der Waals surface area contributed by atoms with Gasteiger partial charge in [0.1, 0.15) is 0 Å². The Morgan fingerprint density at radius 2 is 2.12 bits per heavy atom. The normalized spacial score (nSPS) is 21.1. The summed E-state index contributed by atoms with van der Waals surface area (Å²) in [6.07, 6.45) is 2.03. The maximum Gasteiger partial charge on any atom is 0.219 e. The van der Waals surface area contributed by atoms with Crippen molar-refractivity contribution in [2.45, 2.75) is 25.4 Å². The molecule has 1 atom stereocenters. The smallest absolute Gasteiger partial charge is 0.219 e. The topological polar surface area (TPSA) is 46.4 Å². The highest BCUT2D eigenvalue weighted by Crippen LogP contribution is 2.19. The van der Waals surface area contributed by atoms with E-state index in [1.54, 1.807) is 0 Å². The third kappa shape index (κ3) is 2.79. The standard InChI is InChI=1S/C12H16N2O2/c15-14(16)10-12-7-4-8-13(12)9-11-5-2-1-3-6-11/h1-3,5-6,12H,4,7-10H2/t12-/m0/s1. The predicted octanol–water partition coefficient (Wildman–Crippen LogP) is 1.93. The van der Waals surface area contributed by atoms with Crippen LogP contribution in [0.4, 0.5) is 0 Å². The molecule has 1 aromatic rings. The van der Waals surface area contributed by atoms with Crippen LogP contribution in [-0.2, 0) is 6.54 Å². The van der Waals surface area contributed by atoms with Crippen LogP contribution in [0.2, 0.25) is 0 Å². The minimum atomic E-state index is -0.200. The molecule has 1 heterocycles. The molecule has 1 saturated heterocycles. The van der Waals surface area contributed by atoms with Crippen LogP contribution in [0.5, 0.6) is 0 Å². The van der Waals surface area contributed by atoms with E-state index in [1.165, 1.54) is 5.56 Å². The van der Waals surface area contributed by atoms with Gasteiger partial charge in [0.15, 0.2) is 0 Å². The molecule has 1 aliphatic rings. The van der Waals surface area contributed by atoms with Crippen molar-refractivity contribution in [2.75, 3.05) is 13.1 Å². The Kier molecular flexibility index (Phi) is 3.51. The number of hydrogen-bond donors (Lipinski definition) is 0. The summed E-state index contributed by atoms with van der Waals surface area (Å²) in [5, 5.41) is 10.5. The molecule has 16 heavy (non-hydrogen) atoms. The van der Waals surface area contributed by atoms with Gasteiger partial charge < -0.3 is 0 Å². The second-order valence-electron chi connectivity index (χ2n) is 4.27. The first-order chi connectivity index (χ1) is 7.75. The van der Waals surface area contributed by atoms with E-state index in [9.17, 15) is 10.1 Å². The van der Waals surface area contributed by atoms with Gasteiger partial charge in [0, 0.05) is 11.5 Å². The molecule has 0 aliphatic carbocycles. The van der Waals surface area contributed by atoms with Crippen LogP contribution in [0.1, 0.15) is 18.4 Å². The molecular formula is C12H16N2O2. The van der Waals surface area contributed by atoms with Crippen LogP contribution in [0.25, 0.3) is 0 Å². The number of likely N-dealkylation sites (tertiary alicyclic amines) is 1. The van der Waals surface area contributed by atoms with Gasteiger partial charge in [-0.2, -0.15) is 0 Å². The zero-order valence-corrected chi connectivity index (χ0v) is 9.21. The monoisotopic (exact) mass is 220 g/mol. The lowest BCUT2D eigenvalue weighted by Crippen LogP contribution is -2.34. The van der Waals surface area contributed by atoms with E-state index >= 15 is 0 Å². The third-order valence-electron chi connectivity index (χ3n) is 3.09. The van der Waals surface area contributed by atoms with Gasteiger partial charge in [0.2, 0.25) is 6.54 Å². The Bertz CT molecular complexity index is 353. The average Bonchev–Trinajstić information content (AvgIpc) is 2.66. The molecule has 0 N–H and O–H groups in total. The van der Waals surface area contributed by atoms with E-state index in [4.69, 9.17) is 0 Å². The lowest BCUT2D eigenvalue weighted by Gasteiger charge is -2.21. The van der Waals surface area contributed by atoms with Crippen molar-refractivity contribution in [1.82, 2.24) is 4.90 Å². The van der Waals surface area contributed by atoms with Crippen molar-refractivity contribution in [1.29, 1.82) is 0 Å². The van der Waals surface area contributed by atoms with Gasteiger partial charge in [-0.25, -0.2) is 0 Å². The molecule has 0 bridgehead atoms. The van der Waals surface area contributed by atoms with Crippen LogP contribution in [0, 0.1) is 10.1 Å². The molecule has 0 aromatic heterocycles. The molecule has 0 radical (unpaired) electrons. The second-order valence-corrected chi connectivity index (χ2v) is 4.27. The minimum absolute atomic E-state index is 0.0762. The van der Waals surface area contributed by atoms with Gasteiger partial charge in [-0.3, -0.25) is 15.0 Å². The van der Waals surface area contributed by atoms with E-state index in [-0.39, 0.29) is 17.5 Å². The predicted molar refractivity (Wildman–Crippen MR) is 61.7 cm³/mol. The molecule has 4 nitrogen and oxygen atoms in total. The SMILES string of the molecule is O=[N+]([O-])C[C@@H]1CCCN1Cc1ccccc1. The lowest BCUT2D eigenvalue weighted by molar-refractivity contribution is -0.486. The highest BCUT2D eigenvalue weighted by atomic mass is 16.6. The number of benzene rings is 1. The van der Waals surface area contributed by atoms with Crippen molar-refractivity contribution < 1.29 is 4.92 Å². The van der Waals surface area contributed by atoms with Gasteiger partial charge in [0.25, 0.3) is 0 Å². The fraction of sp³-hybridized carbons (Fsp3) is 0.500. The Balaban J connectivity index is 1.96. The Morgan fingerprint density at radius 1 is 1.38 bits per heavy atom. The fourth-order valence-electron chi connectivity index (χ4n) is 2.30. The van der Waals surface area contributed by atoms with Crippen molar-refractivity contribution in [3.63, 3.8) is 0 Å². The number of hydrogen-bond acceptors (Lipinski definition) is 3. The average molecular weight is 220 g/mol. The van der Waals surface area contributed by atoms with Crippen LogP contribution in [0.15, 0.2) is 30.3 Å². The quantitative estimate of drug-likeness (QED) is 0.575. The summed E-state index contributed by atoms with van der Waals surface area (Å²) in [7, 11) is 0. The second kappa shape index (κ2) is 5.07. The maximum absolute atomic E-state index is 10.5. The van der Waals surface area contributed by atoms with E-state index in [0.717, 1.165) is 25.9 Å². The number of nitrogens with zero attached hydrogens (tertiary/aromatic N) is 2. The summed E-state index contributed by atoms with van der Waals surface area (Å²) >= 11 is 0. The van der Waals surface area contributed by atoms with Crippen molar-refractivity contribution in [3.05, 3.63) is 46.0 Å². The molecule has 4 heteroatoms. The Hall–Kier alpha value is -1.42. The summed E-state index contributed by atoms with van der Waals surface area (Å²) in [5.74, 6) is 0. The highest BCUT2D eigenvalue weighted by Gasteiger charge is 2.28. The van der Waals surface area contributed by atoms with Crippen LogP contribution in [0.3, 0.4) is 0 Å². The van der Waals surface area contributed by atoms with Crippen LogP contribution >= 0.6 is 0 Å². The van der Waals surface area contributed by atoms with E-state index in [0.29, 0.717) is 0 Å². The maximum atomic E-state index is 10.5. The van der Waals surface area contributed by atoms with Gasteiger partial charge in [-0.05, 0) is 24.9 Å². The van der Waals surface area contributed by atoms with Gasteiger partial charge >= 0.3 is 0 Å². The molecule has 0 amide bonds. The highest BCUT2D eigenvalue weighted by molar-refractivity contribution is 5.14. The number of nitro groups is 1. The summed E-state index contributed by atoms with van der Waals surface area (Å²) in [6, 6.07) is 10.3. The van der Waals surface area contributed by atoms with E-state index < -0.39 is 0 Å². The molecule has 2 rings (SSSR count). The van der Waals surface area contributed by atoms with Crippen LogP contribution < -0.4 is 0 Å². The molecule has 86 valence electrons. The first kappa shape index (κ1) is 11.1. The first-order valence-electron chi connectivity index (χ1n) is 5.65. The summed E-state index contributed by atoms with van der Waals surface area (Å²) < 4.78 is 0. The molecular weight excluding hydrogens is 204 g/mol. The molecule has 0 unspecified atom stereocenters. The molecule has 0 spiro atoms. The summed E-state index contributed by atoms with van der Waals surface area (Å²) in [4.78, 5) is 12.6. The Morgan fingerprint density at radius 3 is 2.81 bits per heavy atom. The fourth-order valence-corrected chi connectivity index (χ4v) is 2.30. The molecule has 0 saturated carbocycles. The summed E-state index contributed by atoms with van der Waals surface area (Å²) in [6.45, 7) is 1.89. The van der Waals surface area contributed by atoms with E-state index in [1.807, 2.05) is 18.2 Å². The first-order valence-corrected chi connectivity index (χ1v) is 5.65. The minimum Gasteiger partial charge on any atom is -0.290 e. The van der Waals surface area contributed by atoms with Crippen molar-refractivity contribution >= 4 is 0 Å². The van der Waals surface area contributed by atoms with E-state index in [2.05, 4.69) is 17.0 Å². The third-order valence-corrected chi connectivity index (χ3v) is 3.09. The summed E-state index contributed by atoms with van der Waals surface area (Å²) in [5.41, 5.74) is 1.23. The van der Waals surface area contributed by atoms with Crippen molar-refractivity contribution in [3.8, 4) is 0 Å². The molecule has 1 aromatic carbocycles. The Labute approximate surface area is 95.0 Å². The molecule has 1 fully saturated rings. The number of rotatable bonds is 4.